The highest BCUT2D eigenvalue weighted by Gasteiger charge is 2.38. The number of esters is 1. The van der Waals surface area contributed by atoms with Crippen molar-refractivity contribution >= 4 is 41.2 Å². The zero-order chi connectivity index (χ0) is 32.3. The average Bonchev–Trinajstić information content (AvgIpc) is 3.56. The van der Waals surface area contributed by atoms with Gasteiger partial charge in [0.15, 0.2) is 11.3 Å². The van der Waals surface area contributed by atoms with Gasteiger partial charge in [-0.2, -0.15) is 10.5 Å². The Morgan fingerprint density at radius 1 is 1.07 bits per heavy atom. The van der Waals surface area contributed by atoms with Crippen LogP contribution in [0.15, 0.2) is 71.2 Å². The first-order valence-electron chi connectivity index (χ1n) is 14.7. The van der Waals surface area contributed by atoms with Crippen LogP contribution in [0.2, 0.25) is 0 Å². The summed E-state index contributed by atoms with van der Waals surface area (Å²) in [6, 6.07) is 13.6. The first-order chi connectivity index (χ1) is 21.1. The summed E-state index contributed by atoms with van der Waals surface area (Å²) in [6.07, 6.45) is 12.0. The lowest BCUT2D eigenvalue weighted by Gasteiger charge is -2.25. The van der Waals surface area contributed by atoms with E-state index in [9.17, 15) is 15.3 Å². The van der Waals surface area contributed by atoms with Crippen LogP contribution in [-0.2, 0) is 9.53 Å². The molecule has 0 amide bonds. The number of allylic oxidation sites excluding steroid dienone is 1. The van der Waals surface area contributed by atoms with Gasteiger partial charge in [-0.3, -0.25) is 0 Å². The number of unbranched alkanes of at least 4 members (excludes halogenated alkanes) is 2. The smallest absolute Gasteiger partial charge is 0.338 e. The van der Waals surface area contributed by atoms with E-state index in [4.69, 9.17) is 16.0 Å². The van der Waals surface area contributed by atoms with E-state index in [0.29, 0.717) is 16.9 Å². The number of thiophene rings is 1. The lowest BCUT2D eigenvalue weighted by molar-refractivity contribution is -0.130. The summed E-state index contributed by atoms with van der Waals surface area (Å²) in [5, 5.41) is 18.6. The Morgan fingerprint density at radius 3 is 2.23 bits per heavy atom. The van der Waals surface area contributed by atoms with E-state index in [0.717, 1.165) is 59.8 Å². The van der Waals surface area contributed by atoms with Gasteiger partial charge in [-0.05, 0) is 76.1 Å². The topological polar surface area (TPSA) is 90.7 Å². The van der Waals surface area contributed by atoms with Crippen molar-refractivity contribution in [3.8, 4) is 17.9 Å². The molecule has 2 aromatic rings. The number of hydrogen-bond donors (Lipinski definition) is 0. The molecule has 0 unspecified atom stereocenters. The number of ether oxygens (including phenoxy) is 2. The fraction of sp³-hybridized carbons (Fsp3) is 0.333. The normalized spacial score (nSPS) is 13.8. The van der Waals surface area contributed by atoms with Gasteiger partial charge in [-0.1, -0.05) is 39.3 Å². The highest BCUT2D eigenvalue weighted by molar-refractivity contribution is 7.13. The van der Waals surface area contributed by atoms with E-state index in [2.05, 4.69) is 36.2 Å². The summed E-state index contributed by atoms with van der Waals surface area (Å²) in [4.78, 5) is 20.3. The average molecular weight is 607 g/mol. The molecule has 0 spiro atoms. The Balaban J connectivity index is 1.91. The molecule has 0 saturated heterocycles. The summed E-state index contributed by atoms with van der Waals surface area (Å²) < 4.78 is 11.6. The Kier molecular flexibility index (Phi) is 11.9. The highest BCUT2D eigenvalue weighted by atomic mass is 32.1. The molecule has 8 heteroatoms. The van der Waals surface area contributed by atoms with Gasteiger partial charge in [-0.25, -0.2) is 9.64 Å². The molecule has 1 aromatic carbocycles. The molecule has 44 heavy (non-hydrogen) atoms. The van der Waals surface area contributed by atoms with Crippen molar-refractivity contribution < 1.29 is 14.3 Å². The molecule has 1 aliphatic rings. The van der Waals surface area contributed by atoms with Crippen LogP contribution >= 0.6 is 11.3 Å². The van der Waals surface area contributed by atoms with Gasteiger partial charge in [-0.15, -0.1) is 11.3 Å². The number of anilines is 1. The van der Waals surface area contributed by atoms with Crippen LogP contribution < -0.4 is 9.64 Å². The van der Waals surface area contributed by atoms with Crippen LogP contribution in [0.1, 0.15) is 75.6 Å². The Labute approximate surface area is 265 Å². The van der Waals surface area contributed by atoms with E-state index in [1.165, 1.54) is 0 Å². The summed E-state index contributed by atoms with van der Waals surface area (Å²) in [5.74, 6) is 0.0505. The maximum atomic E-state index is 12.5. The number of benzene rings is 1. The molecule has 0 saturated carbocycles. The number of carbonyl (C=O) groups is 1. The highest BCUT2D eigenvalue weighted by Crippen LogP contribution is 2.41. The van der Waals surface area contributed by atoms with E-state index in [1.807, 2.05) is 60.7 Å². The van der Waals surface area contributed by atoms with Crippen LogP contribution in [0.5, 0.6) is 5.75 Å². The number of nitrogens with zero attached hydrogens (tertiary/aromatic N) is 4. The van der Waals surface area contributed by atoms with Crippen molar-refractivity contribution in [3.05, 3.63) is 97.9 Å². The van der Waals surface area contributed by atoms with Crippen molar-refractivity contribution in [2.75, 3.05) is 18.0 Å². The van der Waals surface area contributed by atoms with Gasteiger partial charge in [0.2, 0.25) is 5.70 Å². The zero-order valence-electron chi connectivity index (χ0n) is 26.1. The van der Waals surface area contributed by atoms with Gasteiger partial charge >= 0.3 is 5.97 Å². The molecule has 2 heterocycles. The van der Waals surface area contributed by atoms with Crippen LogP contribution in [0, 0.1) is 29.2 Å². The SMILES string of the molecule is [C-]#[N+]C1=C(/C=C/c2ccc(/C=C/c3ccc(N(CCCC)CCCC)cc3OC(=O)C(=C)C)s2)C(C)(C)OC1=C(C#N)C#N. The minimum absolute atomic E-state index is 0.0254. The minimum Gasteiger partial charge on any atom is -0.493 e. The van der Waals surface area contributed by atoms with Gasteiger partial charge in [0.05, 0.1) is 6.57 Å². The molecule has 1 aromatic heterocycles. The van der Waals surface area contributed by atoms with Crippen LogP contribution in [0.4, 0.5) is 5.69 Å². The number of rotatable bonds is 13. The van der Waals surface area contributed by atoms with Crippen molar-refractivity contribution in [2.45, 2.75) is 65.9 Å². The van der Waals surface area contributed by atoms with Gasteiger partial charge in [0, 0.05) is 51.3 Å². The number of nitriles is 2. The first-order valence-corrected chi connectivity index (χ1v) is 15.5. The van der Waals surface area contributed by atoms with E-state index in [1.54, 1.807) is 32.1 Å². The summed E-state index contributed by atoms with van der Waals surface area (Å²) in [7, 11) is 0. The predicted octanol–water partition coefficient (Wildman–Crippen LogP) is 9.10. The number of carbonyl (C=O) groups excluding carboxylic acids is 1. The summed E-state index contributed by atoms with van der Waals surface area (Å²) >= 11 is 1.55. The third kappa shape index (κ3) is 8.38. The molecular formula is C36H38N4O3S. The molecule has 226 valence electrons. The fourth-order valence-corrected chi connectivity index (χ4v) is 5.35. The third-order valence-corrected chi connectivity index (χ3v) is 8.02. The van der Waals surface area contributed by atoms with Crippen molar-refractivity contribution in [2.24, 2.45) is 0 Å². The second-order valence-corrected chi connectivity index (χ2v) is 12.1. The van der Waals surface area contributed by atoms with E-state index >= 15 is 0 Å². The molecule has 0 aliphatic carbocycles. The molecule has 7 nitrogen and oxygen atoms in total. The molecular weight excluding hydrogens is 568 g/mol. The van der Waals surface area contributed by atoms with Gasteiger partial charge in [0.1, 0.15) is 23.5 Å². The lowest BCUT2D eigenvalue weighted by Crippen LogP contribution is -2.25. The third-order valence-electron chi connectivity index (χ3n) is 7.00. The Bertz CT molecular complexity index is 1630. The van der Waals surface area contributed by atoms with Gasteiger partial charge < -0.3 is 14.4 Å². The molecule has 3 rings (SSSR count). The number of hydrogen-bond acceptors (Lipinski definition) is 7. The maximum absolute atomic E-state index is 12.5. The molecule has 0 bridgehead atoms. The van der Waals surface area contributed by atoms with E-state index < -0.39 is 11.6 Å². The summed E-state index contributed by atoms with van der Waals surface area (Å²) in [5.41, 5.74) is 1.83. The van der Waals surface area contributed by atoms with Crippen LogP contribution in [-0.4, -0.2) is 24.7 Å². The first kappa shape index (κ1) is 33.7. The standard InChI is InChI=1S/C36H38N4O3S/c1-8-10-20-40(21-11-9-2)28-14-12-26(32(22-28)42-35(41)25(3)4)13-15-29-16-17-30(44-29)18-19-31-33(39-7)34(27(23-37)24-38)43-36(31,5)6/h12-19,22H,3,8-11,20-21H2,1-2,4-6H3/b15-13+,19-18+. The lowest BCUT2D eigenvalue weighted by atomic mass is 9.97. The molecule has 1 aliphatic heterocycles. The van der Waals surface area contributed by atoms with Crippen molar-refractivity contribution in [3.63, 3.8) is 0 Å². The largest absolute Gasteiger partial charge is 0.493 e. The maximum Gasteiger partial charge on any atom is 0.338 e. The van der Waals surface area contributed by atoms with E-state index in [-0.39, 0.29) is 17.0 Å². The fourth-order valence-electron chi connectivity index (χ4n) is 4.54. The quantitative estimate of drug-likeness (QED) is 0.0743. The Hall–Kier alpha value is -4.84. The van der Waals surface area contributed by atoms with Gasteiger partial charge in [0.25, 0.3) is 0 Å². The minimum atomic E-state index is -0.864. The molecule has 0 N–H and O–H groups in total. The predicted molar refractivity (Wildman–Crippen MR) is 178 cm³/mol. The van der Waals surface area contributed by atoms with Crippen LogP contribution in [0.25, 0.3) is 23.1 Å². The second-order valence-electron chi connectivity index (χ2n) is 10.9. The molecule has 0 fully saturated rings. The summed E-state index contributed by atoms with van der Waals surface area (Å²) in [6.45, 7) is 22.9. The second kappa shape index (κ2) is 15.6. The van der Waals surface area contributed by atoms with Crippen molar-refractivity contribution in [1.82, 2.24) is 0 Å². The monoisotopic (exact) mass is 606 g/mol. The van der Waals surface area contributed by atoms with Crippen molar-refractivity contribution in [1.29, 1.82) is 10.5 Å². The molecule has 0 radical (unpaired) electrons. The van der Waals surface area contributed by atoms with Crippen LogP contribution in [0.3, 0.4) is 0 Å². The zero-order valence-corrected chi connectivity index (χ0v) is 26.9. The Morgan fingerprint density at radius 2 is 1.68 bits per heavy atom. The molecule has 0 atom stereocenters.